The number of imidazole rings is 1. The molecule has 0 radical (unpaired) electrons. The van der Waals surface area contributed by atoms with Gasteiger partial charge in [-0.25, -0.2) is 4.98 Å². The van der Waals surface area contributed by atoms with Crippen molar-refractivity contribution in [2.45, 2.75) is 13.3 Å². The molecule has 0 spiro atoms. The first kappa shape index (κ1) is 10.0. The number of fused-ring (bicyclic) bond motifs is 1. The van der Waals surface area contributed by atoms with Crippen LogP contribution in [0, 0.1) is 6.92 Å². The molecule has 0 aliphatic rings. The maximum Gasteiger partial charge on any atom is 0.111 e. The van der Waals surface area contributed by atoms with Gasteiger partial charge in [-0.15, -0.1) is 0 Å². The summed E-state index contributed by atoms with van der Waals surface area (Å²) in [6.07, 6.45) is 4.41. The molecule has 3 rings (SSSR count). The molecule has 0 aliphatic carbocycles. The van der Waals surface area contributed by atoms with E-state index in [1.54, 1.807) is 6.20 Å². The van der Waals surface area contributed by atoms with E-state index in [2.05, 4.69) is 46.1 Å². The maximum atomic E-state index is 4.55. The fraction of sp³-hybridized carbons (Fsp3) is 0.143. The molecule has 0 aliphatic heterocycles. The van der Waals surface area contributed by atoms with E-state index in [1.165, 1.54) is 11.1 Å². The minimum atomic E-state index is 0.835. The van der Waals surface area contributed by atoms with Crippen molar-refractivity contribution in [2.24, 2.45) is 0 Å². The summed E-state index contributed by atoms with van der Waals surface area (Å²) in [6, 6.07) is 10.3. The number of aromatic amines is 1. The summed E-state index contributed by atoms with van der Waals surface area (Å²) in [7, 11) is 0. The first-order valence-electron chi connectivity index (χ1n) is 5.66. The van der Waals surface area contributed by atoms with Crippen LogP contribution in [0.5, 0.6) is 0 Å². The summed E-state index contributed by atoms with van der Waals surface area (Å²) in [4.78, 5) is 11.9. The Kier molecular flexibility index (Phi) is 2.37. The van der Waals surface area contributed by atoms with Crippen molar-refractivity contribution in [1.82, 2.24) is 15.0 Å². The van der Waals surface area contributed by atoms with Crippen molar-refractivity contribution in [1.29, 1.82) is 0 Å². The van der Waals surface area contributed by atoms with Crippen molar-refractivity contribution in [3.05, 3.63) is 59.7 Å². The van der Waals surface area contributed by atoms with Crippen LogP contribution in [-0.2, 0) is 6.42 Å². The zero-order valence-corrected chi connectivity index (χ0v) is 9.64. The third-order valence-electron chi connectivity index (χ3n) is 2.95. The van der Waals surface area contributed by atoms with Gasteiger partial charge in [0.25, 0.3) is 0 Å². The molecule has 2 aromatic heterocycles. The summed E-state index contributed by atoms with van der Waals surface area (Å²) in [5, 5.41) is 0. The number of aromatic nitrogens is 3. The van der Waals surface area contributed by atoms with E-state index in [0.717, 1.165) is 23.3 Å². The molecule has 0 saturated carbocycles. The number of rotatable bonds is 2. The van der Waals surface area contributed by atoms with E-state index >= 15 is 0 Å². The topological polar surface area (TPSA) is 41.6 Å². The number of nitrogens with one attached hydrogen (secondary N) is 1. The van der Waals surface area contributed by atoms with Crippen LogP contribution in [0.4, 0.5) is 0 Å². The van der Waals surface area contributed by atoms with E-state index in [-0.39, 0.29) is 0 Å². The Labute approximate surface area is 99.5 Å². The number of aryl methyl sites for hydroxylation is 1. The molecule has 1 N–H and O–H groups in total. The van der Waals surface area contributed by atoms with Crippen molar-refractivity contribution < 1.29 is 0 Å². The minimum Gasteiger partial charge on any atom is -0.340 e. The second-order valence-corrected chi connectivity index (χ2v) is 4.18. The SMILES string of the molecule is Cc1ccccc1Cc1nc2ccncc2[nH]1. The number of hydrogen-bond donors (Lipinski definition) is 1. The Morgan fingerprint density at radius 2 is 2.06 bits per heavy atom. The van der Waals surface area contributed by atoms with Crippen molar-refractivity contribution in [3.8, 4) is 0 Å². The number of nitrogens with zero attached hydrogens (tertiary/aromatic N) is 2. The third kappa shape index (κ3) is 1.91. The van der Waals surface area contributed by atoms with E-state index in [0.29, 0.717) is 0 Å². The maximum absolute atomic E-state index is 4.55. The summed E-state index contributed by atoms with van der Waals surface area (Å²) < 4.78 is 0. The average Bonchev–Trinajstić information content (AvgIpc) is 2.74. The van der Waals surface area contributed by atoms with Crippen LogP contribution in [0.25, 0.3) is 11.0 Å². The highest BCUT2D eigenvalue weighted by Gasteiger charge is 2.04. The zero-order valence-electron chi connectivity index (χ0n) is 9.64. The first-order chi connectivity index (χ1) is 8.33. The second kappa shape index (κ2) is 4.01. The van der Waals surface area contributed by atoms with Gasteiger partial charge >= 0.3 is 0 Å². The van der Waals surface area contributed by atoms with Gasteiger partial charge in [0, 0.05) is 12.6 Å². The Morgan fingerprint density at radius 3 is 2.88 bits per heavy atom. The molecule has 3 aromatic rings. The molecule has 2 heterocycles. The first-order valence-corrected chi connectivity index (χ1v) is 5.66. The van der Waals surface area contributed by atoms with Crippen LogP contribution in [0.15, 0.2) is 42.7 Å². The molecule has 0 bridgehead atoms. The van der Waals surface area contributed by atoms with Crippen LogP contribution in [0.3, 0.4) is 0 Å². The van der Waals surface area contributed by atoms with Crippen molar-refractivity contribution in [2.75, 3.05) is 0 Å². The minimum absolute atomic E-state index is 0.835. The fourth-order valence-corrected chi connectivity index (χ4v) is 1.98. The summed E-state index contributed by atoms with van der Waals surface area (Å²) >= 11 is 0. The van der Waals surface area contributed by atoms with E-state index in [4.69, 9.17) is 0 Å². The van der Waals surface area contributed by atoms with Gasteiger partial charge in [0.15, 0.2) is 0 Å². The Morgan fingerprint density at radius 1 is 1.18 bits per heavy atom. The lowest BCUT2D eigenvalue weighted by atomic mass is 10.1. The fourth-order valence-electron chi connectivity index (χ4n) is 1.98. The lowest BCUT2D eigenvalue weighted by Crippen LogP contribution is -1.93. The molecule has 3 heteroatoms. The molecule has 17 heavy (non-hydrogen) atoms. The van der Waals surface area contributed by atoms with Gasteiger partial charge in [-0.2, -0.15) is 0 Å². The van der Waals surface area contributed by atoms with Crippen LogP contribution in [-0.4, -0.2) is 15.0 Å². The van der Waals surface area contributed by atoms with E-state index in [1.807, 2.05) is 12.3 Å². The summed E-state index contributed by atoms with van der Waals surface area (Å²) in [6.45, 7) is 2.12. The van der Waals surface area contributed by atoms with Gasteiger partial charge in [-0.1, -0.05) is 24.3 Å². The van der Waals surface area contributed by atoms with Gasteiger partial charge in [0.1, 0.15) is 5.82 Å². The van der Waals surface area contributed by atoms with Gasteiger partial charge in [-0.05, 0) is 24.1 Å². The zero-order chi connectivity index (χ0) is 11.7. The Bertz CT molecular complexity index is 622. The molecule has 3 nitrogen and oxygen atoms in total. The molecule has 0 fully saturated rings. The predicted molar refractivity (Wildman–Crippen MR) is 67.9 cm³/mol. The normalized spacial score (nSPS) is 10.9. The Balaban J connectivity index is 1.98. The highest BCUT2D eigenvalue weighted by atomic mass is 14.9. The van der Waals surface area contributed by atoms with E-state index < -0.39 is 0 Å². The van der Waals surface area contributed by atoms with Crippen LogP contribution in [0.2, 0.25) is 0 Å². The Hall–Kier alpha value is -2.16. The molecule has 1 aromatic carbocycles. The number of H-pyrrole nitrogens is 1. The van der Waals surface area contributed by atoms with Crippen molar-refractivity contribution in [3.63, 3.8) is 0 Å². The smallest absolute Gasteiger partial charge is 0.111 e. The molecule has 0 unspecified atom stereocenters. The predicted octanol–water partition coefficient (Wildman–Crippen LogP) is 2.86. The molecular formula is C14H13N3. The highest BCUT2D eigenvalue weighted by Crippen LogP contribution is 2.14. The average molecular weight is 223 g/mol. The number of benzene rings is 1. The lowest BCUT2D eigenvalue weighted by Gasteiger charge is -2.02. The summed E-state index contributed by atoms with van der Waals surface area (Å²) in [5.74, 6) is 0.988. The second-order valence-electron chi connectivity index (χ2n) is 4.18. The van der Waals surface area contributed by atoms with Gasteiger partial charge in [0.05, 0.1) is 17.2 Å². The number of pyridine rings is 1. The van der Waals surface area contributed by atoms with Crippen LogP contribution >= 0.6 is 0 Å². The molecule has 0 saturated heterocycles. The molecule has 0 atom stereocenters. The molecule has 84 valence electrons. The molecular weight excluding hydrogens is 210 g/mol. The van der Waals surface area contributed by atoms with E-state index in [9.17, 15) is 0 Å². The quantitative estimate of drug-likeness (QED) is 0.725. The lowest BCUT2D eigenvalue weighted by molar-refractivity contribution is 1.03. The standard InChI is InChI=1S/C14H13N3/c1-10-4-2-3-5-11(10)8-14-16-12-6-7-15-9-13(12)17-14/h2-7,9H,8H2,1H3,(H,16,17). The van der Waals surface area contributed by atoms with Gasteiger partial charge < -0.3 is 4.98 Å². The highest BCUT2D eigenvalue weighted by molar-refractivity contribution is 5.73. The number of hydrogen-bond acceptors (Lipinski definition) is 2. The van der Waals surface area contributed by atoms with Gasteiger partial charge in [-0.3, -0.25) is 4.98 Å². The third-order valence-corrected chi connectivity index (χ3v) is 2.95. The van der Waals surface area contributed by atoms with Crippen LogP contribution in [0.1, 0.15) is 17.0 Å². The van der Waals surface area contributed by atoms with Crippen LogP contribution < -0.4 is 0 Å². The van der Waals surface area contributed by atoms with Gasteiger partial charge in [0.2, 0.25) is 0 Å². The largest absolute Gasteiger partial charge is 0.340 e. The monoisotopic (exact) mass is 223 g/mol. The molecule has 0 amide bonds. The van der Waals surface area contributed by atoms with Crippen molar-refractivity contribution >= 4 is 11.0 Å². The summed E-state index contributed by atoms with van der Waals surface area (Å²) in [5.41, 5.74) is 4.57.